The lowest BCUT2D eigenvalue weighted by Crippen LogP contribution is -2.59. The fourth-order valence-corrected chi connectivity index (χ4v) is 7.71. The fraction of sp³-hybridized carbons (Fsp3) is 0.918. The minimum atomic E-state index is -1.59. The van der Waals surface area contributed by atoms with Crippen LogP contribution in [0.1, 0.15) is 232 Å². The molecule has 0 aromatic heterocycles. The Morgan fingerprint density at radius 2 is 0.898 bits per heavy atom. The molecule has 1 heterocycles. The maximum Gasteiger partial charge on any atom is 0.306 e. The number of aliphatic hydroxyl groups excluding tert-OH is 4. The SMILES string of the molecule is CCCCC/C=C/CCCCCCCC(=O)O[C@@H](COC(=O)CCCCCCCCCCCCCCCCCCCCCCCC)CO[C@H]1O[C@@H](CO)[C@@H](O)C(O)C1O. The van der Waals surface area contributed by atoms with Crippen LogP contribution in [-0.2, 0) is 28.5 Å². The molecule has 348 valence electrons. The number of allylic oxidation sites excluding steroid dienone is 2. The lowest BCUT2D eigenvalue weighted by atomic mass is 9.99. The highest BCUT2D eigenvalue weighted by molar-refractivity contribution is 5.70. The van der Waals surface area contributed by atoms with Crippen molar-refractivity contribution in [1.29, 1.82) is 0 Å². The Bertz CT molecular complexity index is 974. The Balaban J connectivity index is 2.22. The number of esters is 2. The molecule has 0 aromatic rings. The van der Waals surface area contributed by atoms with E-state index >= 15 is 0 Å². The van der Waals surface area contributed by atoms with Gasteiger partial charge in [0, 0.05) is 12.8 Å². The maximum absolute atomic E-state index is 12.8. The predicted molar refractivity (Wildman–Crippen MR) is 238 cm³/mol. The summed E-state index contributed by atoms with van der Waals surface area (Å²) in [4.78, 5) is 25.4. The van der Waals surface area contributed by atoms with Crippen LogP contribution < -0.4 is 0 Å². The van der Waals surface area contributed by atoms with Crippen LogP contribution in [0.5, 0.6) is 0 Å². The Morgan fingerprint density at radius 1 is 0.508 bits per heavy atom. The second kappa shape index (κ2) is 40.5. The summed E-state index contributed by atoms with van der Waals surface area (Å²) in [6.45, 7) is 3.42. The van der Waals surface area contributed by atoms with Gasteiger partial charge in [0.15, 0.2) is 12.4 Å². The second-order valence-corrected chi connectivity index (χ2v) is 17.3. The number of aliphatic hydroxyl groups is 4. The van der Waals surface area contributed by atoms with E-state index in [0.29, 0.717) is 6.42 Å². The predicted octanol–water partition coefficient (Wildman–Crippen LogP) is 11.1. The molecule has 2 unspecified atom stereocenters. The first-order valence-electron chi connectivity index (χ1n) is 24.8. The zero-order valence-electron chi connectivity index (χ0n) is 38.0. The molecule has 0 radical (unpaired) electrons. The summed E-state index contributed by atoms with van der Waals surface area (Å²) in [6, 6.07) is 0. The molecule has 1 aliphatic heterocycles. The fourth-order valence-electron chi connectivity index (χ4n) is 7.71. The van der Waals surface area contributed by atoms with Gasteiger partial charge in [-0.15, -0.1) is 0 Å². The van der Waals surface area contributed by atoms with Gasteiger partial charge in [0.1, 0.15) is 31.0 Å². The van der Waals surface area contributed by atoms with Crippen LogP contribution in [0.2, 0.25) is 0 Å². The van der Waals surface area contributed by atoms with Gasteiger partial charge in [0.05, 0.1) is 13.2 Å². The van der Waals surface area contributed by atoms with Crippen LogP contribution in [0.4, 0.5) is 0 Å². The van der Waals surface area contributed by atoms with Gasteiger partial charge in [-0.05, 0) is 38.5 Å². The monoisotopic (exact) mass is 841 g/mol. The van der Waals surface area contributed by atoms with Crippen molar-refractivity contribution in [2.45, 2.75) is 269 Å². The molecule has 0 aliphatic carbocycles. The van der Waals surface area contributed by atoms with E-state index in [0.717, 1.165) is 57.8 Å². The molecule has 0 amide bonds. The van der Waals surface area contributed by atoms with Gasteiger partial charge in [-0.1, -0.05) is 193 Å². The van der Waals surface area contributed by atoms with Gasteiger partial charge >= 0.3 is 11.9 Å². The quantitative estimate of drug-likeness (QED) is 0.0265. The number of carbonyl (C=O) groups excluding carboxylic acids is 2. The van der Waals surface area contributed by atoms with Crippen molar-refractivity contribution in [2.24, 2.45) is 0 Å². The molecule has 10 heteroatoms. The van der Waals surface area contributed by atoms with Crippen LogP contribution in [0.3, 0.4) is 0 Å². The number of hydrogen-bond acceptors (Lipinski definition) is 10. The van der Waals surface area contributed by atoms with E-state index in [1.165, 1.54) is 141 Å². The summed E-state index contributed by atoms with van der Waals surface area (Å²) in [5, 5.41) is 40.1. The van der Waals surface area contributed by atoms with Crippen LogP contribution in [-0.4, -0.2) is 89.0 Å². The largest absolute Gasteiger partial charge is 0.462 e. The van der Waals surface area contributed by atoms with E-state index < -0.39 is 49.4 Å². The number of hydrogen-bond donors (Lipinski definition) is 4. The zero-order chi connectivity index (χ0) is 43.0. The molecular weight excluding hydrogens is 749 g/mol. The van der Waals surface area contributed by atoms with Gasteiger partial charge in [0.25, 0.3) is 0 Å². The molecule has 0 spiro atoms. The summed E-state index contributed by atoms with van der Waals surface area (Å²) in [5.41, 5.74) is 0. The first-order chi connectivity index (χ1) is 28.8. The van der Waals surface area contributed by atoms with Crippen LogP contribution in [0.25, 0.3) is 0 Å². The maximum atomic E-state index is 12.8. The molecular formula is C49H92O10. The topological polar surface area (TPSA) is 152 Å². The van der Waals surface area contributed by atoms with Crippen molar-refractivity contribution in [3.63, 3.8) is 0 Å². The van der Waals surface area contributed by atoms with Crippen molar-refractivity contribution >= 4 is 11.9 Å². The molecule has 6 atom stereocenters. The first-order valence-corrected chi connectivity index (χ1v) is 24.8. The van der Waals surface area contributed by atoms with Crippen molar-refractivity contribution in [3.05, 3.63) is 12.2 Å². The zero-order valence-corrected chi connectivity index (χ0v) is 38.0. The van der Waals surface area contributed by atoms with Gasteiger partial charge in [0.2, 0.25) is 0 Å². The van der Waals surface area contributed by atoms with Crippen molar-refractivity contribution in [3.8, 4) is 0 Å². The van der Waals surface area contributed by atoms with Gasteiger partial charge in [-0.3, -0.25) is 9.59 Å². The third-order valence-electron chi connectivity index (χ3n) is 11.7. The van der Waals surface area contributed by atoms with Gasteiger partial charge < -0.3 is 39.4 Å². The average Bonchev–Trinajstić information content (AvgIpc) is 3.23. The Hall–Kier alpha value is -1.56. The molecule has 1 aliphatic rings. The summed E-state index contributed by atoms with van der Waals surface area (Å²) < 4.78 is 22.2. The molecule has 1 fully saturated rings. The summed E-state index contributed by atoms with van der Waals surface area (Å²) >= 11 is 0. The van der Waals surface area contributed by atoms with E-state index in [1.807, 2.05) is 0 Å². The number of unbranched alkanes of at least 4 members (excludes halogenated alkanes) is 29. The smallest absolute Gasteiger partial charge is 0.306 e. The van der Waals surface area contributed by atoms with E-state index in [1.54, 1.807) is 0 Å². The number of carbonyl (C=O) groups is 2. The lowest BCUT2D eigenvalue weighted by Gasteiger charge is -2.39. The van der Waals surface area contributed by atoms with Crippen LogP contribution in [0, 0.1) is 0 Å². The molecule has 4 N–H and O–H groups in total. The van der Waals surface area contributed by atoms with E-state index in [2.05, 4.69) is 26.0 Å². The van der Waals surface area contributed by atoms with E-state index in [-0.39, 0.29) is 32.0 Å². The standard InChI is InChI=1S/C49H92O10/c1-3-5-7-9-11-13-15-17-18-19-20-21-22-23-24-25-26-28-29-31-33-35-37-44(51)56-40-42(41-57-49-48(55)47(54)46(53)43(39-50)59-49)58-45(52)38-36-34-32-30-27-16-14-12-10-8-6-4-2/h12,14,42-43,46-50,53-55H,3-11,13,15-41H2,1-2H3/b14-12+/t42-,43-,46+,47?,48?,49-/m0/s1. The number of rotatable bonds is 42. The minimum Gasteiger partial charge on any atom is -0.462 e. The summed E-state index contributed by atoms with van der Waals surface area (Å²) in [5.74, 6) is -0.805. The normalized spacial score (nSPS) is 20.0. The number of ether oxygens (including phenoxy) is 4. The molecule has 1 rings (SSSR count). The molecule has 59 heavy (non-hydrogen) atoms. The van der Waals surface area contributed by atoms with Crippen LogP contribution >= 0.6 is 0 Å². The van der Waals surface area contributed by atoms with Crippen molar-refractivity contribution in [2.75, 3.05) is 19.8 Å². The highest BCUT2D eigenvalue weighted by Crippen LogP contribution is 2.23. The van der Waals surface area contributed by atoms with Crippen molar-refractivity contribution in [1.82, 2.24) is 0 Å². The highest BCUT2D eigenvalue weighted by Gasteiger charge is 2.44. The molecule has 10 nitrogen and oxygen atoms in total. The molecule has 0 saturated carbocycles. The first kappa shape index (κ1) is 55.5. The second-order valence-electron chi connectivity index (χ2n) is 17.3. The molecule has 0 bridgehead atoms. The van der Waals surface area contributed by atoms with Crippen LogP contribution in [0.15, 0.2) is 12.2 Å². The van der Waals surface area contributed by atoms with Gasteiger partial charge in [-0.2, -0.15) is 0 Å². The highest BCUT2D eigenvalue weighted by atomic mass is 16.7. The Labute approximate surface area is 361 Å². The Kier molecular flexibility index (Phi) is 38.1. The minimum absolute atomic E-state index is 0.215. The summed E-state index contributed by atoms with van der Waals surface area (Å²) in [7, 11) is 0. The van der Waals surface area contributed by atoms with Crippen molar-refractivity contribution < 1.29 is 49.0 Å². The summed E-state index contributed by atoms with van der Waals surface area (Å²) in [6.07, 6.45) is 36.6. The molecule has 0 aromatic carbocycles. The lowest BCUT2D eigenvalue weighted by molar-refractivity contribution is -0.305. The van der Waals surface area contributed by atoms with E-state index in [9.17, 15) is 30.0 Å². The van der Waals surface area contributed by atoms with Gasteiger partial charge in [-0.25, -0.2) is 0 Å². The Morgan fingerprint density at radius 3 is 1.36 bits per heavy atom. The molecule has 1 saturated heterocycles. The third kappa shape index (κ3) is 31.9. The van der Waals surface area contributed by atoms with E-state index in [4.69, 9.17) is 18.9 Å². The third-order valence-corrected chi connectivity index (χ3v) is 11.7. The average molecular weight is 841 g/mol.